The van der Waals surface area contributed by atoms with Gasteiger partial charge in [0.2, 0.25) is 0 Å². The molecule has 0 spiro atoms. The van der Waals surface area contributed by atoms with Gasteiger partial charge < -0.3 is 4.74 Å². The van der Waals surface area contributed by atoms with Crippen molar-refractivity contribution in [2.75, 3.05) is 6.61 Å². The molecule has 0 aromatic carbocycles. The lowest BCUT2D eigenvalue weighted by atomic mass is 10.1. The highest BCUT2D eigenvalue weighted by molar-refractivity contribution is 5.69. The minimum Gasteiger partial charge on any atom is -0.461 e. The maximum absolute atomic E-state index is 10.7. The maximum Gasteiger partial charge on any atom is 0.306 e. The van der Waals surface area contributed by atoms with Gasteiger partial charge in [-0.3, -0.25) is 4.79 Å². The fourth-order valence-corrected chi connectivity index (χ4v) is 0.544. The highest BCUT2D eigenvalue weighted by atomic mass is 16.5. The van der Waals surface area contributed by atoms with Gasteiger partial charge in [0, 0.05) is 6.42 Å². The van der Waals surface area contributed by atoms with Gasteiger partial charge in [0.05, 0.1) is 0 Å². The molecule has 0 heterocycles. The van der Waals surface area contributed by atoms with Crippen LogP contribution in [0.15, 0.2) is 12.7 Å². The second-order valence-corrected chi connectivity index (χ2v) is 2.57. The number of esters is 1. The Kier molecular flexibility index (Phi) is 11.7. The molecule has 0 aliphatic heterocycles. The smallest absolute Gasteiger partial charge is 0.306 e. The van der Waals surface area contributed by atoms with E-state index in [-0.39, 0.29) is 5.97 Å². The lowest BCUT2D eigenvalue weighted by molar-refractivity contribution is -0.143. The van der Waals surface area contributed by atoms with Gasteiger partial charge in [-0.2, -0.15) is 0 Å². The molecule has 2 heteroatoms. The topological polar surface area (TPSA) is 26.3 Å². The summed E-state index contributed by atoms with van der Waals surface area (Å²) in [6.45, 7) is 11.7. The molecule has 0 atom stereocenters. The Morgan fingerprint density at radius 1 is 1.50 bits per heavy atom. The molecule has 0 N–H and O–H groups in total. The monoisotopic (exact) mass is 172 g/mol. The number of ether oxygens (including phenoxy) is 1. The average molecular weight is 172 g/mol. The highest BCUT2D eigenvalue weighted by Gasteiger charge is 2.03. The first kappa shape index (κ1) is 13.8. The molecule has 72 valence electrons. The summed E-state index contributed by atoms with van der Waals surface area (Å²) in [6.07, 6.45) is 2.06. The van der Waals surface area contributed by atoms with Crippen LogP contribution in [0.1, 0.15) is 34.1 Å². The molecule has 0 rings (SSSR count). The first-order chi connectivity index (χ1) is 5.66. The Balaban J connectivity index is 0. The summed E-state index contributed by atoms with van der Waals surface area (Å²) in [5.41, 5.74) is 0. The molecule has 0 saturated carbocycles. The molecule has 0 fully saturated rings. The average Bonchev–Trinajstić information content (AvgIpc) is 2.03. The van der Waals surface area contributed by atoms with E-state index in [0.29, 0.717) is 18.9 Å². The quantitative estimate of drug-likeness (QED) is 0.481. The standard InChI is InChI=1S/C8H14O2.C2H6/c1-4-5-10-8(9)6-7(2)3;1-2/h4,7H,1,5-6H2,2-3H3;1-2H3. The molecule has 0 amide bonds. The van der Waals surface area contributed by atoms with Gasteiger partial charge in [-0.15, -0.1) is 0 Å². The van der Waals surface area contributed by atoms with Gasteiger partial charge in [-0.05, 0) is 5.92 Å². The van der Waals surface area contributed by atoms with Crippen molar-refractivity contribution in [3.05, 3.63) is 12.7 Å². The number of rotatable bonds is 4. The summed E-state index contributed by atoms with van der Waals surface area (Å²) in [6, 6.07) is 0. The van der Waals surface area contributed by atoms with Crippen molar-refractivity contribution in [1.29, 1.82) is 0 Å². The molecule has 0 aromatic heterocycles. The van der Waals surface area contributed by atoms with Crippen LogP contribution >= 0.6 is 0 Å². The summed E-state index contributed by atoms with van der Waals surface area (Å²) in [7, 11) is 0. The number of carbonyl (C=O) groups is 1. The van der Waals surface area contributed by atoms with E-state index in [1.54, 1.807) is 6.08 Å². The van der Waals surface area contributed by atoms with Crippen LogP contribution in [-0.2, 0) is 9.53 Å². The second kappa shape index (κ2) is 10.2. The molecule has 12 heavy (non-hydrogen) atoms. The van der Waals surface area contributed by atoms with Gasteiger partial charge in [-0.25, -0.2) is 0 Å². The second-order valence-electron chi connectivity index (χ2n) is 2.57. The molecule has 0 radical (unpaired) electrons. The molecule has 0 bridgehead atoms. The molecule has 0 aromatic rings. The van der Waals surface area contributed by atoms with Crippen molar-refractivity contribution >= 4 is 5.97 Å². The zero-order chi connectivity index (χ0) is 9.98. The van der Waals surface area contributed by atoms with Crippen molar-refractivity contribution in [1.82, 2.24) is 0 Å². The van der Waals surface area contributed by atoms with Gasteiger partial charge >= 0.3 is 5.97 Å². The zero-order valence-corrected chi connectivity index (χ0v) is 8.59. The third-order valence-corrected chi connectivity index (χ3v) is 0.937. The fourth-order valence-electron chi connectivity index (χ4n) is 0.544. The Morgan fingerprint density at radius 3 is 2.33 bits per heavy atom. The Hall–Kier alpha value is -0.790. The van der Waals surface area contributed by atoms with Crippen molar-refractivity contribution in [3.63, 3.8) is 0 Å². The van der Waals surface area contributed by atoms with Crippen LogP contribution in [-0.4, -0.2) is 12.6 Å². The molecule has 0 aliphatic carbocycles. The predicted molar refractivity (Wildman–Crippen MR) is 52.0 cm³/mol. The van der Waals surface area contributed by atoms with Crippen LogP contribution in [0.5, 0.6) is 0 Å². The molecular weight excluding hydrogens is 152 g/mol. The Labute approximate surface area is 75.6 Å². The minimum absolute atomic E-state index is 0.144. The number of hydrogen-bond donors (Lipinski definition) is 0. The van der Waals surface area contributed by atoms with Gasteiger partial charge in [0.15, 0.2) is 0 Å². The largest absolute Gasteiger partial charge is 0.461 e. The zero-order valence-electron chi connectivity index (χ0n) is 8.59. The number of hydrogen-bond acceptors (Lipinski definition) is 2. The number of carbonyl (C=O) groups excluding carboxylic acids is 1. The third kappa shape index (κ3) is 11.9. The highest BCUT2D eigenvalue weighted by Crippen LogP contribution is 2.00. The van der Waals surface area contributed by atoms with Crippen molar-refractivity contribution in [2.45, 2.75) is 34.1 Å². The predicted octanol–water partition coefficient (Wildman–Crippen LogP) is 2.79. The summed E-state index contributed by atoms with van der Waals surface area (Å²) in [5.74, 6) is 0.229. The summed E-state index contributed by atoms with van der Waals surface area (Å²) in [4.78, 5) is 10.7. The first-order valence-corrected chi connectivity index (χ1v) is 4.43. The van der Waals surface area contributed by atoms with Gasteiger partial charge in [-0.1, -0.05) is 40.3 Å². The van der Waals surface area contributed by atoms with E-state index in [4.69, 9.17) is 4.74 Å². The molecule has 0 unspecified atom stereocenters. The SMILES string of the molecule is C=CCOC(=O)CC(C)C.CC. The van der Waals surface area contributed by atoms with Crippen molar-refractivity contribution < 1.29 is 9.53 Å². The van der Waals surface area contributed by atoms with E-state index in [2.05, 4.69) is 6.58 Å². The summed E-state index contributed by atoms with van der Waals surface area (Å²) >= 11 is 0. The van der Waals surface area contributed by atoms with Crippen molar-refractivity contribution in [3.8, 4) is 0 Å². The van der Waals surface area contributed by atoms with E-state index in [1.807, 2.05) is 27.7 Å². The molecule has 2 nitrogen and oxygen atoms in total. The summed E-state index contributed by atoms with van der Waals surface area (Å²) < 4.78 is 4.74. The Bertz CT molecular complexity index is 117. The van der Waals surface area contributed by atoms with Crippen molar-refractivity contribution in [2.24, 2.45) is 5.92 Å². The van der Waals surface area contributed by atoms with E-state index >= 15 is 0 Å². The van der Waals surface area contributed by atoms with Crippen LogP contribution in [0, 0.1) is 5.92 Å². The summed E-state index contributed by atoms with van der Waals surface area (Å²) in [5, 5.41) is 0. The lowest BCUT2D eigenvalue weighted by Gasteiger charge is -2.02. The van der Waals surface area contributed by atoms with E-state index in [1.165, 1.54) is 0 Å². The maximum atomic E-state index is 10.7. The van der Waals surface area contributed by atoms with Gasteiger partial charge in [0.25, 0.3) is 0 Å². The molecular formula is C10H20O2. The fraction of sp³-hybridized carbons (Fsp3) is 0.700. The third-order valence-electron chi connectivity index (χ3n) is 0.937. The normalized spacial score (nSPS) is 8.42. The molecule has 0 aliphatic rings. The minimum atomic E-state index is -0.144. The first-order valence-electron chi connectivity index (χ1n) is 4.43. The van der Waals surface area contributed by atoms with Gasteiger partial charge in [0.1, 0.15) is 6.61 Å². The van der Waals surface area contributed by atoms with Crippen LogP contribution in [0.4, 0.5) is 0 Å². The van der Waals surface area contributed by atoms with Crippen LogP contribution in [0.3, 0.4) is 0 Å². The van der Waals surface area contributed by atoms with Crippen LogP contribution in [0.25, 0.3) is 0 Å². The van der Waals surface area contributed by atoms with E-state index < -0.39 is 0 Å². The Morgan fingerprint density at radius 2 is 2.00 bits per heavy atom. The van der Waals surface area contributed by atoms with Crippen LogP contribution < -0.4 is 0 Å². The molecule has 0 saturated heterocycles. The van der Waals surface area contributed by atoms with E-state index in [9.17, 15) is 4.79 Å². The van der Waals surface area contributed by atoms with Crippen LogP contribution in [0.2, 0.25) is 0 Å². The van der Waals surface area contributed by atoms with E-state index in [0.717, 1.165) is 0 Å². The lowest BCUT2D eigenvalue weighted by Crippen LogP contribution is -2.07.